The maximum atomic E-state index is 12.7. The van der Waals surface area contributed by atoms with E-state index in [1.54, 1.807) is 12.1 Å². The molecule has 0 aliphatic carbocycles. The summed E-state index contributed by atoms with van der Waals surface area (Å²) in [4.78, 5) is 19.3. The van der Waals surface area contributed by atoms with Gasteiger partial charge in [-0.05, 0) is 17.7 Å². The largest absolute Gasteiger partial charge is 0.309 e. The number of hydrogen-bond acceptors (Lipinski definition) is 3. The van der Waals surface area contributed by atoms with E-state index in [2.05, 4.69) is 15.3 Å². The van der Waals surface area contributed by atoms with Crippen LogP contribution in [0.4, 0.5) is 10.2 Å². The van der Waals surface area contributed by atoms with Gasteiger partial charge in [-0.1, -0.05) is 23.7 Å². The van der Waals surface area contributed by atoms with Crippen molar-refractivity contribution in [3.8, 4) is 0 Å². The summed E-state index contributed by atoms with van der Waals surface area (Å²) < 4.78 is 12.7. The van der Waals surface area contributed by atoms with E-state index in [0.29, 0.717) is 5.56 Å². The Balaban J connectivity index is 1.98. The molecule has 2 aromatic rings. The lowest BCUT2D eigenvalue weighted by Gasteiger charge is -2.04. The zero-order valence-electron chi connectivity index (χ0n) is 9.23. The van der Waals surface area contributed by atoms with Crippen LogP contribution in [0.2, 0.25) is 5.15 Å². The van der Waals surface area contributed by atoms with Crippen molar-refractivity contribution < 1.29 is 9.18 Å². The topological polar surface area (TPSA) is 54.9 Å². The van der Waals surface area contributed by atoms with Crippen LogP contribution in [0, 0.1) is 5.82 Å². The lowest BCUT2D eigenvalue weighted by Crippen LogP contribution is -2.15. The Kier molecular flexibility index (Phi) is 3.84. The number of nitrogens with zero attached hydrogens (tertiary/aromatic N) is 2. The van der Waals surface area contributed by atoms with Gasteiger partial charge in [0.2, 0.25) is 5.91 Å². The molecule has 0 fully saturated rings. The number of anilines is 1. The molecule has 0 aliphatic heterocycles. The molecule has 4 nitrogen and oxygen atoms in total. The second-order valence-corrected chi connectivity index (χ2v) is 3.97. The van der Waals surface area contributed by atoms with Crippen LogP contribution >= 0.6 is 11.6 Å². The lowest BCUT2D eigenvalue weighted by atomic mass is 10.1. The Bertz CT molecular complexity index is 560. The van der Waals surface area contributed by atoms with Crippen molar-refractivity contribution in [1.29, 1.82) is 0 Å². The summed E-state index contributed by atoms with van der Waals surface area (Å²) in [7, 11) is 0. The summed E-state index contributed by atoms with van der Waals surface area (Å²) in [6.07, 6.45) is 2.90. The average Bonchev–Trinajstić information content (AvgIpc) is 2.32. The first-order valence-electron chi connectivity index (χ1n) is 5.15. The number of hydrogen-bond donors (Lipinski definition) is 1. The van der Waals surface area contributed by atoms with Gasteiger partial charge in [-0.2, -0.15) is 0 Å². The summed E-state index contributed by atoms with van der Waals surface area (Å²) in [5.74, 6) is -0.312. The fourth-order valence-corrected chi connectivity index (χ4v) is 1.52. The van der Waals surface area contributed by atoms with E-state index in [1.165, 1.54) is 24.5 Å². The van der Waals surface area contributed by atoms with Gasteiger partial charge in [0.15, 0.2) is 5.82 Å². The van der Waals surface area contributed by atoms with Gasteiger partial charge in [-0.25, -0.2) is 9.37 Å². The maximum Gasteiger partial charge on any atom is 0.229 e. The number of aromatic nitrogens is 2. The number of benzene rings is 1. The van der Waals surface area contributed by atoms with Crippen molar-refractivity contribution in [2.24, 2.45) is 0 Å². The van der Waals surface area contributed by atoms with Gasteiger partial charge in [0.1, 0.15) is 11.0 Å². The fourth-order valence-electron chi connectivity index (χ4n) is 1.38. The van der Waals surface area contributed by atoms with Crippen LogP contribution in [0.1, 0.15) is 5.56 Å². The summed E-state index contributed by atoms with van der Waals surface area (Å²) in [5, 5.41) is 2.76. The second-order valence-electron chi connectivity index (χ2n) is 3.58. The highest BCUT2D eigenvalue weighted by Crippen LogP contribution is 2.08. The molecule has 18 heavy (non-hydrogen) atoms. The van der Waals surface area contributed by atoms with E-state index >= 15 is 0 Å². The van der Waals surface area contributed by atoms with Gasteiger partial charge in [-0.15, -0.1) is 0 Å². The number of carbonyl (C=O) groups is 1. The molecule has 0 saturated heterocycles. The zero-order valence-corrected chi connectivity index (χ0v) is 9.99. The molecule has 1 aromatic heterocycles. The van der Waals surface area contributed by atoms with Crippen LogP contribution < -0.4 is 5.32 Å². The monoisotopic (exact) mass is 265 g/mol. The molecule has 0 aliphatic rings. The molecule has 1 N–H and O–H groups in total. The van der Waals surface area contributed by atoms with Crippen molar-refractivity contribution >= 4 is 23.3 Å². The molecule has 1 aromatic carbocycles. The molecular formula is C12H9ClFN3O. The Morgan fingerprint density at radius 3 is 2.67 bits per heavy atom. The van der Waals surface area contributed by atoms with Crippen LogP contribution in [-0.4, -0.2) is 15.9 Å². The molecule has 6 heteroatoms. The van der Waals surface area contributed by atoms with Crippen molar-refractivity contribution in [1.82, 2.24) is 9.97 Å². The van der Waals surface area contributed by atoms with Gasteiger partial charge in [-0.3, -0.25) is 9.78 Å². The fraction of sp³-hybridized carbons (Fsp3) is 0.0833. The van der Waals surface area contributed by atoms with E-state index in [-0.39, 0.29) is 29.1 Å². The molecule has 2 rings (SSSR count). The van der Waals surface area contributed by atoms with Crippen LogP contribution in [0.5, 0.6) is 0 Å². The number of halogens is 2. The Labute approximate surface area is 108 Å². The van der Waals surface area contributed by atoms with Crippen molar-refractivity contribution in [2.45, 2.75) is 6.42 Å². The molecule has 0 bridgehead atoms. The van der Waals surface area contributed by atoms with E-state index < -0.39 is 0 Å². The van der Waals surface area contributed by atoms with Crippen LogP contribution in [0.3, 0.4) is 0 Å². The Hall–Kier alpha value is -2.01. The molecule has 92 valence electrons. The minimum Gasteiger partial charge on any atom is -0.309 e. The first-order valence-corrected chi connectivity index (χ1v) is 5.53. The quantitative estimate of drug-likeness (QED) is 0.927. The van der Waals surface area contributed by atoms with Gasteiger partial charge in [0.25, 0.3) is 0 Å². The van der Waals surface area contributed by atoms with E-state index in [4.69, 9.17) is 11.6 Å². The molecule has 0 spiro atoms. The smallest absolute Gasteiger partial charge is 0.229 e. The molecule has 1 heterocycles. The summed E-state index contributed by atoms with van der Waals surface area (Å²) in [5.41, 5.74) is 0.712. The normalized spacial score (nSPS) is 10.1. The lowest BCUT2D eigenvalue weighted by molar-refractivity contribution is -0.115. The van der Waals surface area contributed by atoms with Crippen LogP contribution in [0.15, 0.2) is 36.7 Å². The maximum absolute atomic E-state index is 12.7. The SMILES string of the molecule is O=C(Cc1ccc(F)cc1)Nc1cncc(Cl)n1. The van der Waals surface area contributed by atoms with E-state index in [1.807, 2.05) is 0 Å². The molecule has 0 radical (unpaired) electrons. The second kappa shape index (κ2) is 5.55. The van der Waals surface area contributed by atoms with Gasteiger partial charge >= 0.3 is 0 Å². The summed E-state index contributed by atoms with van der Waals surface area (Å²) in [6, 6.07) is 5.72. The van der Waals surface area contributed by atoms with E-state index in [0.717, 1.165) is 0 Å². The number of nitrogens with one attached hydrogen (secondary N) is 1. The standard InChI is InChI=1S/C12H9ClFN3O/c13-10-6-15-7-11(16-10)17-12(18)5-8-1-3-9(14)4-2-8/h1-4,6-7H,5H2,(H,16,17,18). The van der Waals surface area contributed by atoms with Gasteiger partial charge in [0.05, 0.1) is 18.8 Å². The van der Waals surface area contributed by atoms with Crippen molar-refractivity contribution in [2.75, 3.05) is 5.32 Å². The first-order chi connectivity index (χ1) is 8.63. The third-order valence-corrected chi connectivity index (χ3v) is 2.33. The first kappa shape index (κ1) is 12.4. The predicted molar refractivity (Wildman–Crippen MR) is 65.8 cm³/mol. The highest BCUT2D eigenvalue weighted by atomic mass is 35.5. The zero-order chi connectivity index (χ0) is 13.0. The highest BCUT2D eigenvalue weighted by molar-refractivity contribution is 6.29. The van der Waals surface area contributed by atoms with Crippen LogP contribution in [0.25, 0.3) is 0 Å². The molecule has 0 saturated carbocycles. The van der Waals surface area contributed by atoms with E-state index in [9.17, 15) is 9.18 Å². The summed E-state index contributed by atoms with van der Waals surface area (Å²) in [6.45, 7) is 0. The Morgan fingerprint density at radius 1 is 1.28 bits per heavy atom. The van der Waals surface area contributed by atoms with Crippen LogP contribution in [-0.2, 0) is 11.2 Å². The molecule has 1 amide bonds. The average molecular weight is 266 g/mol. The third kappa shape index (κ3) is 3.49. The third-order valence-electron chi connectivity index (χ3n) is 2.15. The van der Waals surface area contributed by atoms with Crippen molar-refractivity contribution in [3.05, 3.63) is 53.2 Å². The van der Waals surface area contributed by atoms with Gasteiger partial charge < -0.3 is 5.32 Å². The number of carbonyl (C=O) groups excluding carboxylic acids is 1. The summed E-state index contributed by atoms with van der Waals surface area (Å²) >= 11 is 5.64. The molecular weight excluding hydrogens is 257 g/mol. The van der Waals surface area contributed by atoms with Gasteiger partial charge in [0, 0.05) is 0 Å². The number of amides is 1. The number of rotatable bonds is 3. The molecule has 0 unspecified atom stereocenters. The highest BCUT2D eigenvalue weighted by Gasteiger charge is 2.05. The predicted octanol–water partition coefficient (Wildman–Crippen LogP) is 2.45. The minimum absolute atomic E-state index is 0.133. The Morgan fingerprint density at radius 2 is 2.00 bits per heavy atom. The van der Waals surface area contributed by atoms with Crippen molar-refractivity contribution in [3.63, 3.8) is 0 Å². The minimum atomic E-state index is -0.333. The molecule has 0 atom stereocenters.